The lowest BCUT2D eigenvalue weighted by atomic mass is 9.98. The lowest BCUT2D eigenvalue weighted by molar-refractivity contribution is -0.143. The van der Waals surface area contributed by atoms with E-state index in [9.17, 15) is 14.7 Å². The molecule has 3 aromatic rings. The van der Waals surface area contributed by atoms with Crippen molar-refractivity contribution in [1.82, 2.24) is 4.90 Å². The van der Waals surface area contributed by atoms with Crippen LogP contribution in [0.15, 0.2) is 72.8 Å². The van der Waals surface area contributed by atoms with Gasteiger partial charge in [-0.25, -0.2) is 9.59 Å². The van der Waals surface area contributed by atoms with Crippen LogP contribution in [0.4, 0.5) is 4.79 Å². The molecule has 1 atom stereocenters. The summed E-state index contributed by atoms with van der Waals surface area (Å²) in [6.45, 7) is 1.95. The van der Waals surface area contributed by atoms with Crippen molar-refractivity contribution >= 4 is 12.1 Å². The number of benzene rings is 3. The highest BCUT2D eigenvalue weighted by molar-refractivity contribution is 5.81. The van der Waals surface area contributed by atoms with Crippen molar-refractivity contribution in [3.05, 3.63) is 89.5 Å². The van der Waals surface area contributed by atoms with Gasteiger partial charge in [-0.3, -0.25) is 4.90 Å². The second-order valence-electron chi connectivity index (χ2n) is 8.04. The molecule has 6 nitrogen and oxygen atoms in total. The van der Waals surface area contributed by atoms with Gasteiger partial charge in [-0.15, -0.1) is 0 Å². The number of carboxylic acids is 1. The molecule has 1 N–H and O–H groups in total. The van der Waals surface area contributed by atoms with Gasteiger partial charge in [0.2, 0.25) is 0 Å². The van der Waals surface area contributed by atoms with E-state index in [0.717, 1.165) is 39.1 Å². The summed E-state index contributed by atoms with van der Waals surface area (Å²) in [5, 5.41) is 9.71. The van der Waals surface area contributed by atoms with Gasteiger partial charge in [0.1, 0.15) is 19.0 Å². The van der Waals surface area contributed by atoms with Crippen molar-refractivity contribution in [2.24, 2.45) is 0 Å². The fraction of sp³-hybridized carbons (Fsp3) is 0.259. The van der Waals surface area contributed by atoms with Gasteiger partial charge in [0, 0.05) is 13.0 Å². The van der Waals surface area contributed by atoms with Crippen molar-refractivity contribution in [1.29, 1.82) is 0 Å². The predicted octanol–water partition coefficient (Wildman–Crippen LogP) is 4.96. The normalized spacial score (nSPS) is 13.0. The first-order chi connectivity index (χ1) is 16.0. The minimum atomic E-state index is -1.18. The summed E-state index contributed by atoms with van der Waals surface area (Å²) < 4.78 is 11.4. The van der Waals surface area contributed by atoms with Gasteiger partial charge in [-0.1, -0.05) is 73.7 Å². The summed E-state index contributed by atoms with van der Waals surface area (Å²) in [7, 11) is 1.42. The standard InChI is InChI=1S/C27H27NO5/c1-3-18-10-4-9-15-25(18)32-17-24(26(29)30)28(2)27(31)33-16-23-21-13-7-5-11-19(21)20-12-6-8-14-22(20)23/h4-15,23-24H,3,16-17H2,1-2H3,(H,29,30)/t24-/m0/s1. The van der Waals surface area contributed by atoms with Gasteiger partial charge in [0.05, 0.1) is 0 Å². The highest BCUT2D eigenvalue weighted by atomic mass is 16.6. The lowest BCUT2D eigenvalue weighted by Crippen LogP contribution is -2.46. The molecule has 1 aliphatic rings. The van der Waals surface area contributed by atoms with Crippen LogP contribution in [0.3, 0.4) is 0 Å². The second-order valence-corrected chi connectivity index (χ2v) is 8.04. The number of amides is 1. The Bertz CT molecular complexity index is 1110. The average molecular weight is 446 g/mol. The van der Waals surface area contributed by atoms with Gasteiger partial charge in [0.25, 0.3) is 0 Å². The molecule has 0 spiro atoms. The molecular formula is C27H27NO5. The van der Waals surface area contributed by atoms with Crippen LogP contribution in [0.25, 0.3) is 11.1 Å². The highest BCUT2D eigenvalue weighted by Crippen LogP contribution is 2.44. The van der Waals surface area contributed by atoms with E-state index in [4.69, 9.17) is 9.47 Å². The molecule has 1 aliphatic carbocycles. The maximum atomic E-state index is 12.8. The lowest BCUT2D eigenvalue weighted by Gasteiger charge is -2.25. The van der Waals surface area contributed by atoms with E-state index in [0.29, 0.717) is 5.75 Å². The minimum absolute atomic E-state index is 0.0919. The van der Waals surface area contributed by atoms with E-state index in [1.165, 1.54) is 7.05 Å². The molecule has 1 amide bonds. The van der Waals surface area contributed by atoms with Gasteiger partial charge in [0.15, 0.2) is 6.04 Å². The zero-order valence-corrected chi connectivity index (χ0v) is 18.7. The third kappa shape index (κ3) is 4.55. The molecule has 170 valence electrons. The maximum absolute atomic E-state index is 12.8. The molecule has 4 rings (SSSR count). The van der Waals surface area contributed by atoms with E-state index in [1.807, 2.05) is 61.5 Å². The zero-order valence-electron chi connectivity index (χ0n) is 18.7. The summed E-state index contributed by atoms with van der Waals surface area (Å²) >= 11 is 0. The van der Waals surface area contributed by atoms with Gasteiger partial charge in [-0.05, 0) is 40.3 Å². The van der Waals surface area contributed by atoms with Crippen molar-refractivity contribution in [2.75, 3.05) is 20.3 Å². The number of carbonyl (C=O) groups excluding carboxylic acids is 1. The number of para-hydroxylation sites is 1. The van der Waals surface area contributed by atoms with Gasteiger partial charge >= 0.3 is 12.1 Å². The van der Waals surface area contributed by atoms with Crippen LogP contribution >= 0.6 is 0 Å². The molecular weight excluding hydrogens is 418 g/mol. The van der Waals surface area contributed by atoms with Crippen LogP contribution in [-0.4, -0.2) is 48.4 Å². The molecule has 0 aliphatic heterocycles. The average Bonchev–Trinajstić information content (AvgIpc) is 3.16. The van der Waals surface area contributed by atoms with E-state index in [1.54, 1.807) is 6.07 Å². The highest BCUT2D eigenvalue weighted by Gasteiger charge is 2.32. The zero-order chi connectivity index (χ0) is 23.4. The Balaban J connectivity index is 1.43. The van der Waals surface area contributed by atoms with Crippen LogP contribution < -0.4 is 4.74 Å². The number of likely N-dealkylation sites (N-methyl/N-ethyl adjacent to an activating group) is 1. The summed E-state index contributed by atoms with van der Waals surface area (Å²) in [5.74, 6) is -0.627. The van der Waals surface area contributed by atoms with E-state index in [2.05, 4.69) is 12.1 Å². The number of aliphatic carboxylic acids is 1. The van der Waals surface area contributed by atoms with E-state index >= 15 is 0 Å². The summed E-state index contributed by atoms with van der Waals surface area (Å²) in [5.41, 5.74) is 5.44. The fourth-order valence-electron chi connectivity index (χ4n) is 4.28. The summed E-state index contributed by atoms with van der Waals surface area (Å²) in [4.78, 5) is 25.8. The molecule has 0 aromatic heterocycles. The van der Waals surface area contributed by atoms with Crippen molar-refractivity contribution in [3.8, 4) is 16.9 Å². The summed E-state index contributed by atoms with van der Waals surface area (Å²) in [6, 6.07) is 22.4. The largest absolute Gasteiger partial charge is 0.491 e. The fourth-order valence-corrected chi connectivity index (χ4v) is 4.28. The van der Waals surface area contributed by atoms with E-state index < -0.39 is 18.1 Å². The molecule has 0 saturated heterocycles. The van der Waals surface area contributed by atoms with Crippen LogP contribution in [-0.2, 0) is 16.0 Å². The number of hydrogen-bond acceptors (Lipinski definition) is 4. The summed E-state index contributed by atoms with van der Waals surface area (Å²) in [6.07, 6.45) is 0.0625. The Kier molecular flexibility index (Phi) is 6.63. The third-order valence-electron chi connectivity index (χ3n) is 6.13. The van der Waals surface area contributed by atoms with Crippen LogP contribution in [0.1, 0.15) is 29.5 Å². The number of hydrogen-bond donors (Lipinski definition) is 1. The molecule has 0 radical (unpaired) electrons. The maximum Gasteiger partial charge on any atom is 0.410 e. The van der Waals surface area contributed by atoms with Crippen LogP contribution in [0.5, 0.6) is 5.75 Å². The van der Waals surface area contributed by atoms with Gasteiger partial charge < -0.3 is 14.6 Å². The Morgan fingerprint density at radius 1 is 0.939 bits per heavy atom. The van der Waals surface area contributed by atoms with Crippen molar-refractivity contribution < 1.29 is 24.2 Å². The molecule has 0 saturated carbocycles. The number of aryl methyl sites for hydroxylation is 1. The molecule has 6 heteroatoms. The van der Waals surface area contributed by atoms with Crippen molar-refractivity contribution in [2.45, 2.75) is 25.3 Å². The Hall–Kier alpha value is -3.80. The first kappa shape index (κ1) is 22.4. The Morgan fingerprint density at radius 2 is 1.52 bits per heavy atom. The topological polar surface area (TPSA) is 76.1 Å². The number of nitrogens with zero attached hydrogens (tertiary/aromatic N) is 1. The number of carboxylic acid groups (broad SMARTS) is 1. The minimum Gasteiger partial charge on any atom is -0.491 e. The van der Waals surface area contributed by atoms with E-state index in [-0.39, 0.29) is 19.1 Å². The smallest absolute Gasteiger partial charge is 0.410 e. The molecule has 0 bridgehead atoms. The van der Waals surface area contributed by atoms with Crippen molar-refractivity contribution in [3.63, 3.8) is 0 Å². The first-order valence-corrected chi connectivity index (χ1v) is 11.0. The number of rotatable bonds is 8. The Morgan fingerprint density at radius 3 is 2.12 bits per heavy atom. The first-order valence-electron chi connectivity index (χ1n) is 11.0. The second kappa shape index (κ2) is 9.77. The molecule has 33 heavy (non-hydrogen) atoms. The number of carbonyl (C=O) groups is 2. The molecule has 0 fully saturated rings. The third-order valence-corrected chi connectivity index (χ3v) is 6.13. The predicted molar refractivity (Wildman–Crippen MR) is 126 cm³/mol. The SMILES string of the molecule is CCc1ccccc1OC[C@@H](C(=O)O)N(C)C(=O)OCC1c2ccccc2-c2ccccc21. The number of fused-ring (bicyclic) bond motifs is 3. The Labute approximate surface area is 193 Å². The van der Waals surface area contributed by atoms with Crippen LogP contribution in [0.2, 0.25) is 0 Å². The number of ether oxygens (including phenoxy) is 2. The molecule has 0 heterocycles. The molecule has 3 aromatic carbocycles. The quantitative estimate of drug-likeness (QED) is 0.530. The monoisotopic (exact) mass is 445 g/mol. The van der Waals surface area contributed by atoms with Gasteiger partial charge in [-0.2, -0.15) is 0 Å². The van der Waals surface area contributed by atoms with Crippen LogP contribution in [0, 0.1) is 0 Å². The molecule has 0 unspecified atom stereocenters.